The van der Waals surface area contributed by atoms with Crippen LogP contribution in [0, 0.1) is 13.8 Å². The van der Waals surface area contributed by atoms with E-state index in [1.165, 1.54) is 16.8 Å². The van der Waals surface area contributed by atoms with E-state index in [0.717, 1.165) is 31.5 Å². The summed E-state index contributed by atoms with van der Waals surface area (Å²) in [5.41, 5.74) is 4.95. The highest BCUT2D eigenvalue weighted by Crippen LogP contribution is 2.33. The summed E-state index contributed by atoms with van der Waals surface area (Å²) in [6.45, 7) is 7.84. The van der Waals surface area contributed by atoms with Crippen molar-refractivity contribution in [2.24, 2.45) is 7.05 Å². The van der Waals surface area contributed by atoms with Gasteiger partial charge in [-0.1, -0.05) is 30.3 Å². The lowest BCUT2D eigenvalue weighted by atomic mass is 9.93. The van der Waals surface area contributed by atoms with E-state index in [0.29, 0.717) is 12.5 Å². The van der Waals surface area contributed by atoms with E-state index in [9.17, 15) is 4.79 Å². The third kappa shape index (κ3) is 3.76. The van der Waals surface area contributed by atoms with Gasteiger partial charge in [-0.05, 0) is 51.2 Å². The average molecular weight is 354 g/mol. The van der Waals surface area contributed by atoms with Gasteiger partial charge in [-0.15, -0.1) is 0 Å². The van der Waals surface area contributed by atoms with E-state index >= 15 is 0 Å². The maximum absolute atomic E-state index is 12.6. The Hall–Kier alpha value is -2.30. The molecular formula is C21H30N4O. The van der Waals surface area contributed by atoms with Crippen molar-refractivity contribution in [3.8, 4) is 0 Å². The molecule has 2 amide bonds. The number of carbonyl (C=O) groups excluding carboxylic acids is 1. The first kappa shape index (κ1) is 18.5. The van der Waals surface area contributed by atoms with Crippen LogP contribution in [-0.4, -0.2) is 39.8 Å². The van der Waals surface area contributed by atoms with E-state index < -0.39 is 0 Å². The molecule has 2 unspecified atom stereocenters. The monoisotopic (exact) mass is 354 g/mol. The first-order chi connectivity index (χ1) is 12.5. The van der Waals surface area contributed by atoms with Crippen molar-refractivity contribution >= 4 is 6.03 Å². The van der Waals surface area contributed by atoms with Gasteiger partial charge in [0.25, 0.3) is 0 Å². The molecule has 1 saturated heterocycles. The molecule has 2 aromatic rings. The number of aryl methyl sites for hydroxylation is 2. The van der Waals surface area contributed by atoms with Crippen molar-refractivity contribution in [1.29, 1.82) is 0 Å². The number of amides is 2. The highest BCUT2D eigenvalue weighted by molar-refractivity contribution is 5.75. The Kier molecular flexibility index (Phi) is 5.64. The van der Waals surface area contributed by atoms with E-state index in [2.05, 4.69) is 55.5 Å². The molecule has 0 radical (unpaired) electrons. The second-order valence-corrected chi connectivity index (χ2v) is 7.35. The normalized spacial score (nSPS) is 19.8. The largest absolute Gasteiger partial charge is 0.338 e. The molecule has 1 aliphatic heterocycles. The Balaban J connectivity index is 1.48. The Labute approximate surface area is 156 Å². The van der Waals surface area contributed by atoms with Gasteiger partial charge in [0.05, 0.1) is 5.69 Å². The van der Waals surface area contributed by atoms with Gasteiger partial charge in [-0.25, -0.2) is 4.79 Å². The fraction of sp³-hybridized carbons (Fsp3) is 0.524. The van der Waals surface area contributed by atoms with Crippen LogP contribution in [0.5, 0.6) is 0 Å². The fourth-order valence-electron chi connectivity index (χ4n) is 4.11. The second-order valence-electron chi connectivity index (χ2n) is 7.35. The number of rotatable bonds is 5. The van der Waals surface area contributed by atoms with Crippen LogP contribution in [0.1, 0.15) is 48.2 Å². The van der Waals surface area contributed by atoms with Crippen LogP contribution in [-0.2, 0) is 13.5 Å². The van der Waals surface area contributed by atoms with Crippen LogP contribution in [0.4, 0.5) is 4.79 Å². The van der Waals surface area contributed by atoms with Crippen LogP contribution in [0.3, 0.4) is 0 Å². The summed E-state index contributed by atoms with van der Waals surface area (Å²) in [6, 6.07) is 10.8. The molecule has 0 aliphatic carbocycles. The van der Waals surface area contributed by atoms with Gasteiger partial charge in [-0.2, -0.15) is 5.10 Å². The molecule has 26 heavy (non-hydrogen) atoms. The van der Waals surface area contributed by atoms with Gasteiger partial charge in [0.2, 0.25) is 0 Å². The van der Waals surface area contributed by atoms with Gasteiger partial charge in [0.15, 0.2) is 0 Å². The quantitative estimate of drug-likeness (QED) is 0.835. The Morgan fingerprint density at radius 3 is 2.65 bits per heavy atom. The summed E-state index contributed by atoms with van der Waals surface area (Å²) in [7, 11) is 1.98. The first-order valence-electron chi connectivity index (χ1n) is 9.57. The minimum absolute atomic E-state index is 0.0653. The Bertz CT molecular complexity index is 753. The SMILES string of the molecule is Cc1nn(C)c(C)c1CCCNC(=O)N1CCC(c2ccccc2)C1C. The maximum atomic E-state index is 12.6. The summed E-state index contributed by atoms with van der Waals surface area (Å²) in [4.78, 5) is 14.6. The first-order valence-corrected chi connectivity index (χ1v) is 9.57. The second kappa shape index (κ2) is 7.94. The predicted molar refractivity (Wildman–Crippen MR) is 104 cm³/mol. The van der Waals surface area contributed by atoms with Gasteiger partial charge in [0, 0.05) is 37.8 Å². The van der Waals surface area contributed by atoms with Crippen molar-refractivity contribution in [1.82, 2.24) is 20.0 Å². The van der Waals surface area contributed by atoms with Crippen LogP contribution in [0.2, 0.25) is 0 Å². The third-order valence-electron chi connectivity index (χ3n) is 5.78. The number of likely N-dealkylation sites (tertiary alicyclic amines) is 1. The van der Waals surface area contributed by atoms with Crippen LogP contribution in [0.15, 0.2) is 30.3 Å². The molecule has 1 fully saturated rings. The summed E-state index contributed by atoms with van der Waals surface area (Å²) in [5.74, 6) is 0.433. The third-order valence-corrected chi connectivity index (χ3v) is 5.78. The molecule has 0 spiro atoms. The van der Waals surface area contributed by atoms with Gasteiger partial charge < -0.3 is 10.2 Å². The minimum Gasteiger partial charge on any atom is -0.338 e. The van der Waals surface area contributed by atoms with Crippen LogP contribution < -0.4 is 5.32 Å². The minimum atomic E-state index is 0.0653. The number of nitrogens with one attached hydrogen (secondary N) is 1. The van der Waals surface area contributed by atoms with Crippen molar-refractivity contribution in [3.05, 3.63) is 52.8 Å². The lowest BCUT2D eigenvalue weighted by Gasteiger charge is -2.25. The molecule has 1 aliphatic rings. The summed E-state index contributed by atoms with van der Waals surface area (Å²) >= 11 is 0. The van der Waals surface area contributed by atoms with E-state index in [4.69, 9.17) is 0 Å². The molecule has 3 rings (SSSR count). The van der Waals surface area contributed by atoms with Crippen molar-refractivity contribution in [2.45, 2.75) is 52.0 Å². The molecule has 1 aromatic carbocycles. The van der Waals surface area contributed by atoms with Crippen molar-refractivity contribution < 1.29 is 4.79 Å². The van der Waals surface area contributed by atoms with E-state index in [1.807, 2.05) is 22.7 Å². The number of nitrogens with zero attached hydrogens (tertiary/aromatic N) is 3. The highest BCUT2D eigenvalue weighted by atomic mass is 16.2. The van der Waals surface area contributed by atoms with Gasteiger partial charge in [0.1, 0.15) is 0 Å². The van der Waals surface area contributed by atoms with Gasteiger partial charge in [-0.3, -0.25) is 4.68 Å². The van der Waals surface area contributed by atoms with E-state index in [1.54, 1.807) is 0 Å². The smallest absolute Gasteiger partial charge is 0.317 e. The predicted octanol–water partition coefficient (Wildman–Crippen LogP) is 3.56. The van der Waals surface area contributed by atoms with Crippen molar-refractivity contribution in [3.63, 3.8) is 0 Å². The number of hydrogen-bond donors (Lipinski definition) is 1. The van der Waals surface area contributed by atoms with E-state index in [-0.39, 0.29) is 12.1 Å². The zero-order chi connectivity index (χ0) is 18.7. The topological polar surface area (TPSA) is 50.2 Å². The standard InChI is InChI=1S/C21H30N4O/c1-15-19(16(2)24(4)23-15)11-8-13-22-21(26)25-14-12-20(17(25)3)18-9-6-5-7-10-18/h5-7,9-10,17,20H,8,11-14H2,1-4H3,(H,22,26). The highest BCUT2D eigenvalue weighted by Gasteiger charge is 2.34. The Morgan fingerprint density at radius 1 is 1.27 bits per heavy atom. The summed E-state index contributed by atoms with van der Waals surface area (Å²) in [6.07, 6.45) is 2.92. The Morgan fingerprint density at radius 2 is 2.00 bits per heavy atom. The van der Waals surface area contributed by atoms with Gasteiger partial charge >= 0.3 is 6.03 Å². The number of hydrogen-bond acceptors (Lipinski definition) is 2. The molecule has 0 saturated carbocycles. The molecule has 1 N–H and O–H groups in total. The lowest BCUT2D eigenvalue weighted by molar-refractivity contribution is 0.194. The molecule has 5 heteroatoms. The van der Waals surface area contributed by atoms with Crippen LogP contribution in [0.25, 0.3) is 0 Å². The zero-order valence-electron chi connectivity index (χ0n) is 16.3. The average Bonchev–Trinajstić information content (AvgIpc) is 3.13. The lowest BCUT2D eigenvalue weighted by Crippen LogP contribution is -2.43. The zero-order valence-corrected chi connectivity index (χ0v) is 16.3. The number of carbonyl (C=O) groups is 1. The molecule has 2 atom stereocenters. The fourth-order valence-corrected chi connectivity index (χ4v) is 4.11. The van der Waals surface area contributed by atoms with Crippen LogP contribution >= 0.6 is 0 Å². The maximum Gasteiger partial charge on any atom is 0.317 e. The summed E-state index contributed by atoms with van der Waals surface area (Å²) < 4.78 is 1.93. The number of urea groups is 1. The molecule has 140 valence electrons. The van der Waals surface area contributed by atoms with Crippen molar-refractivity contribution in [2.75, 3.05) is 13.1 Å². The number of benzene rings is 1. The molecule has 0 bridgehead atoms. The molecular weight excluding hydrogens is 324 g/mol. The number of aromatic nitrogens is 2. The molecule has 2 heterocycles. The molecule has 5 nitrogen and oxygen atoms in total. The molecule has 1 aromatic heterocycles. The summed E-state index contributed by atoms with van der Waals surface area (Å²) in [5, 5.41) is 7.56.